The van der Waals surface area contributed by atoms with Crippen molar-refractivity contribution >= 4 is 27.8 Å². The molecule has 2 saturated heterocycles. The number of carbonyl (C=O) groups is 1. The number of esters is 1. The standard InChI is InChI=1S/C39H41N5O4/c1-39(2,3)48-38(45)27-13-14-34-35(21-27)44(23-30-17-20-46-30)36(41-34)24-43-18-15-26(16-19-43)33-9-6-10-37(42-33)47-25-29-12-11-28(22-40)31-7-4-5-8-32(29)31/h4-14,21,26,30H,15-20,23-25H2,1-3H3. The van der Waals surface area contributed by atoms with Crippen molar-refractivity contribution in [3.63, 3.8) is 0 Å². The molecule has 0 amide bonds. The molecule has 7 rings (SSSR count). The van der Waals surface area contributed by atoms with Gasteiger partial charge in [-0.25, -0.2) is 14.8 Å². The zero-order valence-electron chi connectivity index (χ0n) is 27.8. The van der Waals surface area contributed by atoms with Crippen molar-refractivity contribution in [1.29, 1.82) is 5.26 Å². The second-order valence-electron chi connectivity index (χ2n) is 13.8. The lowest BCUT2D eigenvalue weighted by Crippen LogP contribution is -2.35. The third kappa shape index (κ3) is 6.91. The minimum absolute atomic E-state index is 0.160. The summed E-state index contributed by atoms with van der Waals surface area (Å²) in [6.45, 7) is 10.1. The average molecular weight is 644 g/mol. The van der Waals surface area contributed by atoms with Gasteiger partial charge in [-0.3, -0.25) is 4.90 Å². The number of nitrogens with zero attached hydrogens (tertiary/aromatic N) is 5. The Morgan fingerprint density at radius 3 is 2.50 bits per heavy atom. The van der Waals surface area contributed by atoms with Crippen LogP contribution in [0.25, 0.3) is 21.8 Å². The fourth-order valence-corrected chi connectivity index (χ4v) is 6.66. The fraction of sp³-hybridized carbons (Fsp3) is 0.385. The van der Waals surface area contributed by atoms with Gasteiger partial charge >= 0.3 is 5.97 Å². The summed E-state index contributed by atoms with van der Waals surface area (Å²) in [5.74, 6) is 1.62. The van der Waals surface area contributed by atoms with Crippen LogP contribution >= 0.6 is 0 Å². The molecule has 3 aromatic carbocycles. The molecule has 9 heteroatoms. The second-order valence-corrected chi connectivity index (χ2v) is 13.8. The summed E-state index contributed by atoms with van der Waals surface area (Å²) >= 11 is 0. The monoisotopic (exact) mass is 643 g/mol. The van der Waals surface area contributed by atoms with E-state index in [2.05, 4.69) is 21.6 Å². The van der Waals surface area contributed by atoms with E-state index in [-0.39, 0.29) is 12.1 Å². The topological polar surface area (TPSA) is 102 Å². The molecule has 9 nitrogen and oxygen atoms in total. The first-order valence-corrected chi connectivity index (χ1v) is 16.8. The Balaban J connectivity index is 1.02. The molecule has 2 aliphatic heterocycles. The van der Waals surface area contributed by atoms with Crippen molar-refractivity contribution in [1.82, 2.24) is 19.4 Å². The number of benzene rings is 3. The molecule has 1 atom stereocenters. The normalized spacial score (nSPS) is 17.2. The first-order valence-electron chi connectivity index (χ1n) is 16.8. The number of likely N-dealkylation sites (tertiary alicyclic amines) is 1. The Morgan fingerprint density at radius 1 is 0.979 bits per heavy atom. The summed E-state index contributed by atoms with van der Waals surface area (Å²) in [7, 11) is 0. The van der Waals surface area contributed by atoms with E-state index in [1.807, 2.05) is 81.4 Å². The molecular formula is C39H41N5O4. The van der Waals surface area contributed by atoms with Gasteiger partial charge in [-0.05, 0) is 99.8 Å². The molecule has 1 unspecified atom stereocenters. The van der Waals surface area contributed by atoms with Gasteiger partial charge < -0.3 is 18.8 Å². The highest BCUT2D eigenvalue weighted by Crippen LogP contribution is 2.31. The van der Waals surface area contributed by atoms with Crippen molar-refractivity contribution < 1.29 is 19.0 Å². The molecule has 246 valence electrons. The molecule has 0 saturated carbocycles. The quantitative estimate of drug-likeness (QED) is 0.156. The zero-order chi connectivity index (χ0) is 33.3. The van der Waals surface area contributed by atoms with E-state index in [1.165, 1.54) is 0 Å². The van der Waals surface area contributed by atoms with Gasteiger partial charge in [0.25, 0.3) is 0 Å². The van der Waals surface area contributed by atoms with Crippen LogP contribution in [0.1, 0.15) is 79.0 Å². The van der Waals surface area contributed by atoms with E-state index in [1.54, 1.807) is 6.07 Å². The molecule has 4 heterocycles. The fourth-order valence-electron chi connectivity index (χ4n) is 6.66. The first kappa shape index (κ1) is 31.8. The van der Waals surface area contributed by atoms with E-state index in [4.69, 9.17) is 24.2 Å². The molecule has 0 radical (unpaired) electrons. The average Bonchev–Trinajstić information content (AvgIpc) is 3.40. The molecular weight excluding hydrogens is 602 g/mol. The molecule has 5 aromatic rings. The Morgan fingerprint density at radius 2 is 1.77 bits per heavy atom. The highest BCUT2D eigenvalue weighted by Gasteiger charge is 2.27. The predicted molar refractivity (Wildman–Crippen MR) is 184 cm³/mol. The minimum atomic E-state index is -0.561. The lowest BCUT2D eigenvalue weighted by molar-refractivity contribution is -0.0592. The summed E-state index contributed by atoms with van der Waals surface area (Å²) in [6.07, 6.45) is 3.17. The third-order valence-electron chi connectivity index (χ3n) is 9.27. The van der Waals surface area contributed by atoms with E-state index >= 15 is 0 Å². The Hall–Kier alpha value is -4.78. The number of hydrogen-bond acceptors (Lipinski definition) is 8. The van der Waals surface area contributed by atoms with Gasteiger partial charge in [0.1, 0.15) is 18.0 Å². The SMILES string of the molecule is CC(C)(C)OC(=O)c1ccc2nc(CN3CCC(c4cccc(OCc5ccc(C#N)c6ccccc56)n4)CC3)n(CC3CCO3)c2c1. The lowest BCUT2D eigenvalue weighted by Gasteiger charge is -2.32. The van der Waals surface area contributed by atoms with E-state index in [9.17, 15) is 10.1 Å². The van der Waals surface area contributed by atoms with Gasteiger partial charge in [0, 0.05) is 24.3 Å². The molecule has 48 heavy (non-hydrogen) atoms. The van der Waals surface area contributed by atoms with E-state index in [0.717, 1.165) is 90.9 Å². The smallest absolute Gasteiger partial charge is 0.338 e. The van der Waals surface area contributed by atoms with Gasteiger partial charge in [-0.1, -0.05) is 36.4 Å². The highest BCUT2D eigenvalue weighted by molar-refractivity contribution is 5.94. The Labute approximate surface area is 281 Å². The zero-order valence-corrected chi connectivity index (χ0v) is 27.8. The van der Waals surface area contributed by atoms with Gasteiger partial charge in [-0.2, -0.15) is 5.26 Å². The maximum absolute atomic E-state index is 12.9. The molecule has 2 aromatic heterocycles. The lowest BCUT2D eigenvalue weighted by atomic mass is 9.93. The van der Waals surface area contributed by atoms with Crippen LogP contribution in [-0.2, 0) is 29.2 Å². The maximum atomic E-state index is 12.9. The largest absolute Gasteiger partial charge is 0.473 e. The van der Waals surface area contributed by atoms with Crippen molar-refractivity contribution in [3.05, 3.63) is 101 Å². The molecule has 2 fully saturated rings. The maximum Gasteiger partial charge on any atom is 0.338 e. The summed E-state index contributed by atoms with van der Waals surface area (Å²) in [5.41, 5.74) is 4.54. The molecule has 2 aliphatic rings. The number of ether oxygens (including phenoxy) is 3. The van der Waals surface area contributed by atoms with Crippen LogP contribution in [0, 0.1) is 11.3 Å². The number of nitriles is 1. The van der Waals surface area contributed by atoms with E-state index in [0.29, 0.717) is 29.5 Å². The Bertz CT molecular complexity index is 1990. The minimum Gasteiger partial charge on any atom is -0.473 e. The van der Waals surface area contributed by atoms with Crippen LogP contribution < -0.4 is 4.74 Å². The third-order valence-corrected chi connectivity index (χ3v) is 9.27. The number of rotatable bonds is 9. The predicted octanol–water partition coefficient (Wildman–Crippen LogP) is 7.16. The van der Waals surface area contributed by atoms with Crippen molar-refractivity contribution in [2.45, 2.75) is 77.4 Å². The number of carbonyl (C=O) groups excluding carboxylic acids is 1. The number of pyridine rings is 1. The highest BCUT2D eigenvalue weighted by atomic mass is 16.6. The van der Waals surface area contributed by atoms with Crippen LogP contribution in [0.2, 0.25) is 0 Å². The van der Waals surface area contributed by atoms with Gasteiger partial charge in [-0.15, -0.1) is 0 Å². The van der Waals surface area contributed by atoms with Crippen LogP contribution in [0.3, 0.4) is 0 Å². The van der Waals surface area contributed by atoms with Crippen LogP contribution in [0.5, 0.6) is 5.88 Å². The summed E-state index contributed by atoms with van der Waals surface area (Å²) < 4.78 is 19.9. The van der Waals surface area contributed by atoms with Gasteiger partial charge in [0.05, 0.1) is 47.4 Å². The Kier molecular flexibility index (Phi) is 8.86. The van der Waals surface area contributed by atoms with Crippen LogP contribution in [0.15, 0.2) is 72.8 Å². The second kappa shape index (κ2) is 13.4. The molecule has 0 aliphatic carbocycles. The molecule has 0 bridgehead atoms. The van der Waals surface area contributed by atoms with Gasteiger partial charge in [0.2, 0.25) is 5.88 Å². The number of piperidine rings is 1. The number of aromatic nitrogens is 3. The molecule has 0 N–H and O–H groups in total. The number of imidazole rings is 1. The molecule has 0 spiro atoms. The summed E-state index contributed by atoms with van der Waals surface area (Å²) in [6, 6.07) is 25.7. The number of fused-ring (bicyclic) bond motifs is 2. The van der Waals surface area contributed by atoms with Crippen molar-refractivity contribution in [3.8, 4) is 11.9 Å². The van der Waals surface area contributed by atoms with Gasteiger partial charge in [0.15, 0.2) is 0 Å². The first-order chi connectivity index (χ1) is 23.2. The van der Waals surface area contributed by atoms with E-state index < -0.39 is 5.60 Å². The van der Waals surface area contributed by atoms with Crippen molar-refractivity contribution in [2.24, 2.45) is 0 Å². The van der Waals surface area contributed by atoms with Crippen LogP contribution in [0.4, 0.5) is 0 Å². The number of hydrogen-bond donors (Lipinski definition) is 0. The van der Waals surface area contributed by atoms with Crippen LogP contribution in [-0.4, -0.2) is 56.8 Å². The summed E-state index contributed by atoms with van der Waals surface area (Å²) in [5, 5.41) is 11.5. The summed E-state index contributed by atoms with van der Waals surface area (Å²) in [4.78, 5) is 25.3. The van der Waals surface area contributed by atoms with Crippen molar-refractivity contribution in [2.75, 3.05) is 19.7 Å².